The normalized spacial score (nSPS) is 16.0. The standard InChI is InChI=1S/C21H19N3O/c1-14-10-11-16(13-15(14)2)23-20-19-18(9-6-12-22-19)21(25)24(20)17-7-4-3-5-8-17/h3-13,20,23H,1-2H3. The number of carbonyl (C=O) groups is 1. The Morgan fingerprint density at radius 3 is 2.52 bits per heavy atom. The summed E-state index contributed by atoms with van der Waals surface area (Å²) in [5.41, 5.74) is 5.68. The number of rotatable bonds is 3. The highest BCUT2D eigenvalue weighted by Crippen LogP contribution is 2.36. The van der Waals surface area contributed by atoms with E-state index in [1.807, 2.05) is 42.5 Å². The number of benzene rings is 2. The van der Waals surface area contributed by atoms with Gasteiger partial charge < -0.3 is 5.32 Å². The number of fused-ring (bicyclic) bond motifs is 1. The van der Waals surface area contributed by atoms with Crippen molar-refractivity contribution < 1.29 is 4.79 Å². The molecule has 1 atom stereocenters. The Kier molecular flexibility index (Phi) is 3.73. The highest BCUT2D eigenvalue weighted by molar-refractivity contribution is 6.11. The summed E-state index contributed by atoms with van der Waals surface area (Å²) >= 11 is 0. The number of pyridine rings is 1. The van der Waals surface area contributed by atoms with Gasteiger partial charge in [-0.1, -0.05) is 24.3 Å². The maximum Gasteiger partial charge on any atom is 0.262 e. The molecule has 2 heterocycles. The number of anilines is 2. The highest BCUT2D eigenvalue weighted by Gasteiger charge is 2.38. The molecule has 2 aromatic carbocycles. The second-order valence-electron chi connectivity index (χ2n) is 6.29. The van der Waals surface area contributed by atoms with Crippen LogP contribution in [0.2, 0.25) is 0 Å². The first-order valence-corrected chi connectivity index (χ1v) is 8.32. The van der Waals surface area contributed by atoms with Gasteiger partial charge in [-0.3, -0.25) is 14.7 Å². The summed E-state index contributed by atoms with van der Waals surface area (Å²) in [7, 11) is 0. The van der Waals surface area contributed by atoms with Crippen molar-refractivity contribution in [2.24, 2.45) is 0 Å². The molecule has 4 rings (SSSR count). The number of carbonyl (C=O) groups excluding carboxylic acids is 1. The third-order valence-electron chi connectivity index (χ3n) is 4.65. The van der Waals surface area contributed by atoms with Crippen molar-refractivity contribution in [2.75, 3.05) is 10.2 Å². The topological polar surface area (TPSA) is 45.2 Å². The second-order valence-corrected chi connectivity index (χ2v) is 6.29. The summed E-state index contributed by atoms with van der Waals surface area (Å²) in [6.45, 7) is 4.17. The van der Waals surface area contributed by atoms with E-state index in [1.54, 1.807) is 17.2 Å². The molecule has 0 bridgehead atoms. The van der Waals surface area contributed by atoms with Crippen molar-refractivity contribution in [3.63, 3.8) is 0 Å². The van der Waals surface area contributed by atoms with Crippen LogP contribution in [0.5, 0.6) is 0 Å². The molecule has 0 fully saturated rings. The molecule has 25 heavy (non-hydrogen) atoms. The Hall–Kier alpha value is -3.14. The summed E-state index contributed by atoms with van der Waals surface area (Å²) in [6.07, 6.45) is 1.41. The van der Waals surface area contributed by atoms with Crippen molar-refractivity contribution in [1.82, 2.24) is 4.98 Å². The molecule has 0 saturated heterocycles. The number of amides is 1. The molecular weight excluding hydrogens is 310 g/mol. The summed E-state index contributed by atoms with van der Waals surface area (Å²) in [5, 5.41) is 3.49. The van der Waals surface area contributed by atoms with Gasteiger partial charge >= 0.3 is 0 Å². The Balaban J connectivity index is 1.78. The zero-order valence-corrected chi connectivity index (χ0v) is 14.2. The number of hydrogen-bond acceptors (Lipinski definition) is 3. The number of para-hydroxylation sites is 1. The molecule has 1 unspecified atom stereocenters. The lowest BCUT2D eigenvalue weighted by Gasteiger charge is -2.26. The quantitative estimate of drug-likeness (QED) is 0.771. The van der Waals surface area contributed by atoms with Gasteiger partial charge in [-0.25, -0.2) is 0 Å². The molecule has 0 spiro atoms. The number of aromatic nitrogens is 1. The van der Waals surface area contributed by atoms with Gasteiger partial charge in [-0.05, 0) is 61.4 Å². The van der Waals surface area contributed by atoms with Crippen molar-refractivity contribution in [3.05, 3.63) is 89.2 Å². The van der Waals surface area contributed by atoms with Crippen LogP contribution in [-0.2, 0) is 0 Å². The van der Waals surface area contributed by atoms with Gasteiger partial charge in [-0.2, -0.15) is 0 Å². The zero-order chi connectivity index (χ0) is 17.4. The maximum atomic E-state index is 13.0. The van der Waals surface area contributed by atoms with Crippen LogP contribution in [0, 0.1) is 13.8 Å². The van der Waals surface area contributed by atoms with Crippen LogP contribution in [0.25, 0.3) is 0 Å². The molecular formula is C21H19N3O. The van der Waals surface area contributed by atoms with E-state index in [0.29, 0.717) is 5.56 Å². The number of nitrogens with one attached hydrogen (secondary N) is 1. The SMILES string of the molecule is Cc1ccc(NC2c3ncccc3C(=O)N2c2ccccc2)cc1C. The van der Waals surface area contributed by atoms with E-state index in [0.717, 1.165) is 17.1 Å². The van der Waals surface area contributed by atoms with Crippen LogP contribution in [0.15, 0.2) is 66.9 Å². The van der Waals surface area contributed by atoms with Crippen LogP contribution < -0.4 is 10.2 Å². The zero-order valence-electron chi connectivity index (χ0n) is 14.2. The van der Waals surface area contributed by atoms with Crippen molar-refractivity contribution >= 4 is 17.3 Å². The van der Waals surface area contributed by atoms with Crippen molar-refractivity contribution in [2.45, 2.75) is 20.0 Å². The molecule has 0 saturated carbocycles. The fraction of sp³-hybridized carbons (Fsp3) is 0.143. The first-order valence-electron chi connectivity index (χ1n) is 8.32. The lowest BCUT2D eigenvalue weighted by Crippen LogP contribution is -2.32. The van der Waals surface area contributed by atoms with Gasteiger partial charge in [0, 0.05) is 17.6 Å². The predicted octanol–water partition coefficient (Wildman–Crippen LogP) is 4.47. The molecule has 0 radical (unpaired) electrons. The minimum absolute atomic E-state index is 0.0318. The molecule has 4 heteroatoms. The molecule has 4 nitrogen and oxygen atoms in total. The van der Waals surface area contributed by atoms with Crippen LogP contribution >= 0.6 is 0 Å². The molecule has 1 aromatic heterocycles. The summed E-state index contributed by atoms with van der Waals surface area (Å²) in [6, 6.07) is 19.6. The molecule has 124 valence electrons. The van der Waals surface area contributed by atoms with E-state index in [4.69, 9.17) is 0 Å². The Morgan fingerprint density at radius 1 is 0.960 bits per heavy atom. The predicted molar refractivity (Wildman–Crippen MR) is 99.8 cm³/mol. The summed E-state index contributed by atoms with van der Waals surface area (Å²) in [5.74, 6) is -0.0318. The lowest BCUT2D eigenvalue weighted by molar-refractivity contribution is 0.0993. The highest BCUT2D eigenvalue weighted by atomic mass is 16.2. The average molecular weight is 329 g/mol. The van der Waals surface area contributed by atoms with Crippen molar-refractivity contribution in [3.8, 4) is 0 Å². The second kappa shape index (κ2) is 6.06. The third-order valence-corrected chi connectivity index (χ3v) is 4.65. The van der Waals surface area contributed by atoms with E-state index < -0.39 is 0 Å². The Labute approximate surface area is 147 Å². The van der Waals surface area contributed by atoms with Crippen LogP contribution in [0.4, 0.5) is 11.4 Å². The average Bonchev–Trinajstić information content (AvgIpc) is 2.91. The lowest BCUT2D eigenvalue weighted by atomic mass is 10.1. The number of aryl methyl sites for hydroxylation is 2. The molecule has 3 aromatic rings. The molecule has 1 aliphatic heterocycles. The first kappa shape index (κ1) is 15.4. The third kappa shape index (κ3) is 2.66. The van der Waals surface area contributed by atoms with Gasteiger partial charge in [0.1, 0.15) is 0 Å². The van der Waals surface area contributed by atoms with Crippen LogP contribution in [0.3, 0.4) is 0 Å². The molecule has 1 amide bonds. The van der Waals surface area contributed by atoms with E-state index >= 15 is 0 Å². The van der Waals surface area contributed by atoms with Gasteiger partial charge in [-0.15, -0.1) is 0 Å². The number of hydrogen-bond donors (Lipinski definition) is 1. The fourth-order valence-electron chi connectivity index (χ4n) is 3.16. The van der Waals surface area contributed by atoms with Gasteiger partial charge in [0.25, 0.3) is 5.91 Å². The minimum Gasteiger partial charge on any atom is -0.360 e. The minimum atomic E-state index is -0.326. The first-order chi connectivity index (χ1) is 12.1. The number of nitrogens with zero attached hydrogens (tertiary/aromatic N) is 2. The smallest absolute Gasteiger partial charge is 0.262 e. The van der Waals surface area contributed by atoms with E-state index in [2.05, 4.69) is 36.3 Å². The molecule has 1 aliphatic rings. The summed E-state index contributed by atoms with van der Waals surface area (Å²) < 4.78 is 0. The molecule has 0 aliphatic carbocycles. The van der Waals surface area contributed by atoms with E-state index in [-0.39, 0.29) is 12.1 Å². The molecule has 1 N–H and O–H groups in total. The monoisotopic (exact) mass is 329 g/mol. The Morgan fingerprint density at radius 2 is 1.76 bits per heavy atom. The van der Waals surface area contributed by atoms with Gasteiger partial charge in [0.2, 0.25) is 0 Å². The van der Waals surface area contributed by atoms with Gasteiger partial charge in [0.15, 0.2) is 6.17 Å². The fourth-order valence-corrected chi connectivity index (χ4v) is 3.16. The van der Waals surface area contributed by atoms with Gasteiger partial charge in [0.05, 0.1) is 11.3 Å². The van der Waals surface area contributed by atoms with E-state index in [9.17, 15) is 4.79 Å². The van der Waals surface area contributed by atoms with Crippen molar-refractivity contribution in [1.29, 1.82) is 0 Å². The summed E-state index contributed by atoms with van der Waals surface area (Å²) in [4.78, 5) is 19.2. The Bertz CT molecular complexity index is 937. The van der Waals surface area contributed by atoms with E-state index in [1.165, 1.54) is 11.1 Å². The largest absolute Gasteiger partial charge is 0.360 e. The maximum absolute atomic E-state index is 13.0. The van der Waals surface area contributed by atoms with Crippen LogP contribution in [0.1, 0.15) is 33.3 Å². The van der Waals surface area contributed by atoms with Crippen LogP contribution in [-0.4, -0.2) is 10.9 Å².